The van der Waals surface area contributed by atoms with Crippen LogP contribution in [0, 0.1) is 5.82 Å². The van der Waals surface area contributed by atoms with Gasteiger partial charge in [0.2, 0.25) is 0 Å². The Labute approximate surface area is 197 Å². The lowest BCUT2D eigenvalue weighted by molar-refractivity contribution is 0.0792. The highest BCUT2D eigenvalue weighted by molar-refractivity contribution is 7.91. The number of hydrogen-bond donors (Lipinski definition) is 1. The Hall–Kier alpha value is -3.57. The zero-order chi connectivity index (χ0) is 24.6. The van der Waals surface area contributed by atoms with Crippen LogP contribution in [0.2, 0.25) is 0 Å². The summed E-state index contributed by atoms with van der Waals surface area (Å²) in [4.78, 5) is 17.3. The van der Waals surface area contributed by atoms with Crippen LogP contribution >= 0.6 is 0 Å². The Balaban J connectivity index is 1.60. The van der Waals surface area contributed by atoms with Crippen molar-refractivity contribution in [2.24, 2.45) is 0 Å². The van der Waals surface area contributed by atoms with Crippen LogP contribution in [0.25, 0.3) is 16.6 Å². The molecule has 3 aromatic rings. The fourth-order valence-corrected chi connectivity index (χ4v) is 4.84. The summed E-state index contributed by atoms with van der Waals surface area (Å²) >= 11 is 0. The van der Waals surface area contributed by atoms with Crippen LogP contribution < -0.4 is 5.32 Å². The molecule has 1 N–H and O–H groups in total. The first-order valence-corrected chi connectivity index (χ1v) is 12.4. The van der Waals surface area contributed by atoms with Gasteiger partial charge in [-0.05, 0) is 48.9 Å². The highest BCUT2D eigenvalue weighted by Gasteiger charge is 2.29. The summed E-state index contributed by atoms with van der Waals surface area (Å²) in [7, 11) is 0.0897. The van der Waals surface area contributed by atoms with E-state index < -0.39 is 21.3 Å². The number of aromatic nitrogens is 3. The molecule has 11 heteroatoms. The monoisotopic (exact) mass is 484 g/mol. The maximum Gasteiger partial charge on any atom is 0.254 e. The fourth-order valence-electron chi connectivity index (χ4n) is 3.78. The summed E-state index contributed by atoms with van der Waals surface area (Å²) in [6.45, 7) is 1.79. The Morgan fingerprint density at radius 3 is 2.53 bits per heavy atom. The highest BCUT2D eigenvalue weighted by atomic mass is 32.2. The Morgan fingerprint density at radius 1 is 1.18 bits per heavy atom. The van der Waals surface area contributed by atoms with E-state index in [0.717, 1.165) is 0 Å². The maximum atomic E-state index is 13.3. The van der Waals surface area contributed by atoms with Crippen LogP contribution in [-0.4, -0.2) is 70.9 Å². The van der Waals surface area contributed by atoms with Gasteiger partial charge in [0.1, 0.15) is 5.82 Å². The lowest BCUT2D eigenvalue weighted by Crippen LogP contribution is -2.46. The number of hydrazine groups is 1. The number of carbonyl (C=O) groups excluding carboxylic acids is 1. The molecule has 0 aliphatic carbocycles. The predicted molar refractivity (Wildman–Crippen MR) is 127 cm³/mol. The van der Waals surface area contributed by atoms with E-state index in [0.29, 0.717) is 27.7 Å². The van der Waals surface area contributed by atoms with Gasteiger partial charge in [-0.15, -0.1) is 0 Å². The van der Waals surface area contributed by atoms with Gasteiger partial charge in [-0.25, -0.2) is 22.5 Å². The second-order valence-corrected chi connectivity index (χ2v) is 10.4. The number of nitrogens with one attached hydrogen (secondary N) is 1. The lowest BCUT2D eigenvalue weighted by Gasteiger charge is -2.36. The Bertz CT molecular complexity index is 1400. The molecular formula is C23H25FN6O3S. The van der Waals surface area contributed by atoms with Crippen molar-refractivity contribution >= 4 is 26.6 Å². The molecular weight excluding hydrogens is 459 g/mol. The maximum absolute atomic E-state index is 13.3. The van der Waals surface area contributed by atoms with Crippen molar-refractivity contribution in [1.82, 2.24) is 30.1 Å². The first-order chi connectivity index (χ1) is 16.1. The number of fused-ring (bicyclic) bond motifs is 1. The van der Waals surface area contributed by atoms with Gasteiger partial charge < -0.3 is 5.32 Å². The molecule has 34 heavy (non-hydrogen) atoms. The highest BCUT2D eigenvalue weighted by Crippen LogP contribution is 2.23. The molecule has 2 aromatic heterocycles. The number of hydrogen-bond acceptors (Lipinski definition) is 7. The summed E-state index contributed by atoms with van der Waals surface area (Å²) in [5, 5.41) is 10.3. The van der Waals surface area contributed by atoms with Crippen molar-refractivity contribution in [2.75, 3.05) is 20.4 Å². The molecule has 1 aliphatic rings. The molecule has 9 nitrogen and oxygen atoms in total. The minimum absolute atomic E-state index is 0.327. The smallest absolute Gasteiger partial charge is 0.254 e. The molecule has 4 rings (SSSR count). The van der Waals surface area contributed by atoms with Crippen molar-refractivity contribution < 1.29 is 17.6 Å². The topological polar surface area (TPSA) is 100 Å². The molecule has 0 bridgehead atoms. The second-order valence-electron chi connectivity index (χ2n) is 8.28. The van der Waals surface area contributed by atoms with Gasteiger partial charge in [-0.2, -0.15) is 5.10 Å². The van der Waals surface area contributed by atoms with E-state index in [2.05, 4.69) is 15.4 Å². The molecule has 3 heterocycles. The Morgan fingerprint density at radius 2 is 1.88 bits per heavy atom. The zero-order valence-electron chi connectivity index (χ0n) is 19.2. The van der Waals surface area contributed by atoms with Gasteiger partial charge in [-0.3, -0.25) is 14.8 Å². The van der Waals surface area contributed by atoms with Crippen LogP contribution in [0.15, 0.2) is 66.8 Å². The first kappa shape index (κ1) is 23.6. The molecule has 0 saturated heterocycles. The largest absolute Gasteiger partial charge is 0.345 e. The standard InChI is InChI=1S/C23H25FN6O3S/c1-15(16-9-10-29(28(2)3)22(11-16)34(4,32)33)27-23(31)20-12-25-14-21-19(20)13-26-30(21)18-7-5-17(24)6-8-18/h5-15,22H,1-4H3,(H,27,31)/t15?,22-/m0/s1. The molecule has 0 saturated carbocycles. The van der Waals surface area contributed by atoms with Crippen molar-refractivity contribution in [3.05, 3.63) is 78.2 Å². The van der Waals surface area contributed by atoms with Crippen molar-refractivity contribution in [3.63, 3.8) is 0 Å². The third-order valence-corrected chi connectivity index (χ3v) is 6.81. The van der Waals surface area contributed by atoms with Crippen molar-refractivity contribution in [2.45, 2.75) is 18.3 Å². The van der Waals surface area contributed by atoms with Gasteiger partial charge in [0.05, 0.1) is 35.2 Å². The van der Waals surface area contributed by atoms with Crippen LogP contribution in [0.1, 0.15) is 17.3 Å². The van der Waals surface area contributed by atoms with E-state index in [9.17, 15) is 17.6 Å². The van der Waals surface area contributed by atoms with E-state index in [1.807, 2.05) is 0 Å². The predicted octanol–water partition coefficient (Wildman–Crippen LogP) is 2.28. The molecule has 2 atom stereocenters. The van der Waals surface area contributed by atoms with Crippen LogP contribution in [0.4, 0.5) is 4.39 Å². The van der Waals surface area contributed by atoms with Gasteiger partial charge in [-0.1, -0.05) is 0 Å². The minimum atomic E-state index is -3.42. The van der Waals surface area contributed by atoms with E-state index in [-0.39, 0.29) is 11.7 Å². The van der Waals surface area contributed by atoms with Crippen LogP contribution in [-0.2, 0) is 9.84 Å². The summed E-state index contributed by atoms with van der Waals surface area (Å²) in [5.41, 5.74) is 2.23. The number of benzene rings is 1. The molecule has 0 fully saturated rings. The second kappa shape index (κ2) is 8.99. The fraction of sp³-hybridized carbons (Fsp3) is 0.261. The average Bonchev–Trinajstić information content (AvgIpc) is 3.22. The number of sulfone groups is 1. The number of halogens is 1. The summed E-state index contributed by atoms with van der Waals surface area (Å²) in [6.07, 6.45) is 10.9. The lowest BCUT2D eigenvalue weighted by atomic mass is 10.1. The minimum Gasteiger partial charge on any atom is -0.345 e. The number of nitrogens with zero attached hydrogens (tertiary/aromatic N) is 5. The van der Waals surface area contributed by atoms with Crippen molar-refractivity contribution in [1.29, 1.82) is 0 Å². The molecule has 1 amide bonds. The quantitative estimate of drug-likeness (QED) is 0.573. The van der Waals surface area contributed by atoms with Crippen LogP contribution in [0.5, 0.6) is 0 Å². The van der Waals surface area contributed by atoms with Gasteiger partial charge in [0, 0.05) is 38.1 Å². The first-order valence-electron chi connectivity index (χ1n) is 10.5. The number of carbonyl (C=O) groups is 1. The average molecular weight is 485 g/mol. The van der Waals surface area contributed by atoms with Gasteiger partial charge in [0.25, 0.3) is 5.91 Å². The summed E-state index contributed by atoms with van der Waals surface area (Å²) < 4.78 is 39.5. The molecule has 1 aromatic carbocycles. The van der Waals surface area contributed by atoms with E-state index in [1.54, 1.807) is 78.6 Å². The molecule has 0 spiro atoms. The summed E-state index contributed by atoms with van der Waals surface area (Å²) in [6, 6.07) is 5.39. The van der Waals surface area contributed by atoms with Gasteiger partial charge >= 0.3 is 0 Å². The van der Waals surface area contributed by atoms with E-state index >= 15 is 0 Å². The number of amides is 1. The van der Waals surface area contributed by atoms with Gasteiger partial charge in [0.15, 0.2) is 15.2 Å². The van der Waals surface area contributed by atoms with E-state index in [4.69, 9.17) is 0 Å². The zero-order valence-corrected chi connectivity index (χ0v) is 20.0. The van der Waals surface area contributed by atoms with Crippen LogP contribution in [0.3, 0.4) is 0 Å². The Kier molecular flexibility index (Phi) is 6.24. The third kappa shape index (κ3) is 4.57. The summed E-state index contributed by atoms with van der Waals surface area (Å²) in [5.74, 6) is -0.727. The molecule has 0 radical (unpaired) electrons. The molecule has 1 unspecified atom stereocenters. The third-order valence-electron chi connectivity index (χ3n) is 5.58. The number of pyridine rings is 1. The molecule has 1 aliphatic heterocycles. The number of rotatable bonds is 6. The van der Waals surface area contributed by atoms with Crippen molar-refractivity contribution in [3.8, 4) is 5.69 Å². The molecule has 178 valence electrons. The normalized spacial score (nSPS) is 17.2. The SMILES string of the molecule is CC(NC(=O)c1cncc2c1cnn2-c1ccc(F)cc1)C1=C[C@H](S(C)(=O)=O)N(N(C)C)C=C1. The van der Waals surface area contributed by atoms with E-state index in [1.165, 1.54) is 24.6 Å².